The molecule has 1 aromatic carbocycles. The zero-order chi connectivity index (χ0) is 15.0. The molecule has 0 spiro atoms. The monoisotopic (exact) mass is 364 g/mol. The number of nitrogens with one attached hydrogen (secondary N) is 1. The van der Waals surface area contributed by atoms with Crippen molar-refractivity contribution in [2.45, 2.75) is 13.8 Å². The molecule has 5 nitrogen and oxygen atoms in total. The van der Waals surface area contributed by atoms with Gasteiger partial charge in [-0.2, -0.15) is 0 Å². The quantitative estimate of drug-likeness (QED) is 0.668. The molecule has 0 bridgehead atoms. The zero-order valence-electron chi connectivity index (χ0n) is 11.5. The average molecular weight is 365 g/mol. The van der Waals surface area contributed by atoms with Gasteiger partial charge in [0.1, 0.15) is 10.4 Å². The number of rotatable bonds is 3. The van der Waals surface area contributed by atoms with Crippen molar-refractivity contribution in [3.05, 3.63) is 39.6 Å². The van der Waals surface area contributed by atoms with E-state index in [2.05, 4.69) is 31.4 Å². The summed E-state index contributed by atoms with van der Waals surface area (Å²) in [6, 6.07) is 5.84. The Morgan fingerprint density at radius 1 is 1.33 bits per heavy atom. The van der Waals surface area contributed by atoms with Gasteiger partial charge >= 0.3 is 0 Å². The van der Waals surface area contributed by atoms with Crippen molar-refractivity contribution >= 4 is 43.8 Å². The van der Waals surface area contributed by atoms with Crippen LogP contribution in [0.25, 0.3) is 11.1 Å². The van der Waals surface area contributed by atoms with Gasteiger partial charge in [0, 0.05) is 10.9 Å². The smallest absolute Gasteiger partial charge is 0.188 e. The Balaban J connectivity index is 1.93. The number of nitrogens with zero attached hydrogens (tertiary/aromatic N) is 2. The number of thiazole rings is 1. The molecule has 0 saturated heterocycles. The van der Waals surface area contributed by atoms with Crippen LogP contribution in [0.4, 0.5) is 16.5 Å². The first-order chi connectivity index (χ1) is 10.0. The third kappa shape index (κ3) is 2.79. The Kier molecular flexibility index (Phi) is 3.69. The number of hydrogen-bond acceptors (Lipinski definition) is 6. The molecule has 0 amide bonds. The number of nitrogens with two attached hydrogens (primary N) is 1. The summed E-state index contributed by atoms with van der Waals surface area (Å²) in [5, 5.41) is 9.88. The predicted octanol–water partition coefficient (Wildman–Crippen LogP) is 4.50. The van der Waals surface area contributed by atoms with E-state index in [9.17, 15) is 0 Å². The van der Waals surface area contributed by atoms with E-state index in [-0.39, 0.29) is 0 Å². The van der Waals surface area contributed by atoms with Gasteiger partial charge in [-0.25, -0.2) is 4.98 Å². The van der Waals surface area contributed by atoms with E-state index in [0.29, 0.717) is 5.69 Å². The van der Waals surface area contributed by atoms with Gasteiger partial charge in [0.15, 0.2) is 5.13 Å². The SMILES string of the molecule is Cc1noc(C)c1-c1ccc(Nc2nc(Br)cs2)c(N)c1. The van der Waals surface area contributed by atoms with Crippen LogP contribution >= 0.6 is 27.3 Å². The first-order valence-electron chi connectivity index (χ1n) is 6.25. The maximum Gasteiger partial charge on any atom is 0.188 e. The van der Waals surface area contributed by atoms with E-state index in [1.807, 2.05) is 37.4 Å². The summed E-state index contributed by atoms with van der Waals surface area (Å²) in [4.78, 5) is 4.29. The van der Waals surface area contributed by atoms with Gasteiger partial charge in [-0.3, -0.25) is 0 Å². The molecule has 0 aliphatic rings. The molecular formula is C14H13BrN4OS. The second kappa shape index (κ2) is 5.50. The topological polar surface area (TPSA) is 77.0 Å². The van der Waals surface area contributed by atoms with Crippen molar-refractivity contribution < 1.29 is 4.52 Å². The van der Waals surface area contributed by atoms with Crippen LogP contribution in [0.5, 0.6) is 0 Å². The minimum Gasteiger partial charge on any atom is -0.397 e. The highest BCUT2D eigenvalue weighted by Gasteiger charge is 2.13. The molecule has 3 aromatic rings. The van der Waals surface area contributed by atoms with E-state index in [1.165, 1.54) is 11.3 Å². The van der Waals surface area contributed by atoms with Crippen molar-refractivity contribution in [2.24, 2.45) is 0 Å². The van der Waals surface area contributed by atoms with Crippen LogP contribution in [0.3, 0.4) is 0 Å². The number of halogens is 1. The Bertz CT molecular complexity index is 777. The summed E-state index contributed by atoms with van der Waals surface area (Å²) in [6.45, 7) is 3.81. The van der Waals surface area contributed by atoms with Crippen LogP contribution in [0.2, 0.25) is 0 Å². The van der Waals surface area contributed by atoms with Crippen LogP contribution in [0.15, 0.2) is 32.7 Å². The number of benzene rings is 1. The molecule has 2 heterocycles. The predicted molar refractivity (Wildman–Crippen MR) is 88.9 cm³/mol. The fourth-order valence-corrected chi connectivity index (χ4v) is 3.31. The first-order valence-corrected chi connectivity index (χ1v) is 7.92. The van der Waals surface area contributed by atoms with Crippen molar-refractivity contribution in [3.8, 4) is 11.1 Å². The second-order valence-corrected chi connectivity index (χ2v) is 6.27. The highest BCUT2D eigenvalue weighted by atomic mass is 79.9. The van der Waals surface area contributed by atoms with Crippen LogP contribution in [-0.2, 0) is 0 Å². The van der Waals surface area contributed by atoms with Crippen molar-refractivity contribution in [1.82, 2.24) is 10.1 Å². The Labute approximate surface area is 134 Å². The van der Waals surface area contributed by atoms with Gasteiger partial charge < -0.3 is 15.6 Å². The minimum absolute atomic E-state index is 0.652. The van der Waals surface area contributed by atoms with Gasteiger partial charge in [-0.05, 0) is 47.5 Å². The Morgan fingerprint density at radius 3 is 2.71 bits per heavy atom. The standard InChI is InChI=1S/C14H13BrN4OS/c1-7-13(8(2)20-19-7)9-3-4-11(10(16)5-9)17-14-18-12(15)6-21-14/h3-6H,16H2,1-2H3,(H,17,18). The summed E-state index contributed by atoms with van der Waals surface area (Å²) >= 11 is 4.84. The lowest BCUT2D eigenvalue weighted by atomic mass is 10.0. The third-order valence-electron chi connectivity index (χ3n) is 3.09. The van der Waals surface area contributed by atoms with E-state index in [1.54, 1.807) is 0 Å². The summed E-state index contributed by atoms with van der Waals surface area (Å²) in [6.07, 6.45) is 0. The highest BCUT2D eigenvalue weighted by Crippen LogP contribution is 2.33. The van der Waals surface area contributed by atoms with E-state index in [0.717, 1.165) is 38.0 Å². The van der Waals surface area contributed by atoms with Crippen LogP contribution < -0.4 is 11.1 Å². The largest absolute Gasteiger partial charge is 0.397 e. The van der Waals surface area contributed by atoms with Crippen molar-refractivity contribution in [1.29, 1.82) is 0 Å². The number of aromatic nitrogens is 2. The molecule has 21 heavy (non-hydrogen) atoms. The molecule has 0 aliphatic carbocycles. The van der Waals surface area contributed by atoms with Crippen molar-refractivity contribution in [3.63, 3.8) is 0 Å². The molecule has 0 unspecified atom stereocenters. The molecule has 3 rings (SSSR count). The molecule has 3 N–H and O–H groups in total. The molecule has 2 aromatic heterocycles. The normalized spacial score (nSPS) is 10.8. The molecular weight excluding hydrogens is 352 g/mol. The Morgan fingerprint density at radius 2 is 2.14 bits per heavy atom. The van der Waals surface area contributed by atoms with Crippen LogP contribution in [0, 0.1) is 13.8 Å². The maximum absolute atomic E-state index is 6.13. The lowest BCUT2D eigenvalue weighted by Gasteiger charge is -2.09. The lowest BCUT2D eigenvalue weighted by molar-refractivity contribution is 0.393. The molecule has 0 atom stereocenters. The molecule has 0 saturated carbocycles. The number of nitrogen functional groups attached to an aromatic ring is 1. The molecule has 7 heteroatoms. The molecule has 108 valence electrons. The van der Waals surface area contributed by atoms with Crippen LogP contribution in [0.1, 0.15) is 11.5 Å². The summed E-state index contributed by atoms with van der Waals surface area (Å²) in [7, 11) is 0. The second-order valence-electron chi connectivity index (χ2n) is 4.60. The van der Waals surface area contributed by atoms with Gasteiger partial charge in [0.05, 0.1) is 17.1 Å². The average Bonchev–Trinajstić information content (AvgIpc) is 2.99. The molecule has 0 radical (unpaired) electrons. The van der Waals surface area contributed by atoms with Gasteiger partial charge in [-0.15, -0.1) is 11.3 Å². The number of anilines is 3. The zero-order valence-corrected chi connectivity index (χ0v) is 13.9. The van der Waals surface area contributed by atoms with Gasteiger partial charge in [0.25, 0.3) is 0 Å². The minimum atomic E-state index is 0.652. The fourth-order valence-electron chi connectivity index (χ4n) is 2.15. The fraction of sp³-hybridized carbons (Fsp3) is 0.143. The van der Waals surface area contributed by atoms with Gasteiger partial charge in [-0.1, -0.05) is 11.2 Å². The van der Waals surface area contributed by atoms with Crippen LogP contribution in [-0.4, -0.2) is 10.1 Å². The summed E-state index contributed by atoms with van der Waals surface area (Å²) in [5.74, 6) is 0.788. The molecule has 0 aliphatic heterocycles. The first kappa shape index (κ1) is 14.1. The highest BCUT2D eigenvalue weighted by molar-refractivity contribution is 9.10. The van der Waals surface area contributed by atoms with Gasteiger partial charge in [0.2, 0.25) is 0 Å². The van der Waals surface area contributed by atoms with E-state index < -0.39 is 0 Å². The Hall–Kier alpha value is -1.86. The summed E-state index contributed by atoms with van der Waals surface area (Å²) in [5.41, 5.74) is 10.5. The summed E-state index contributed by atoms with van der Waals surface area (Å²) < 4.78 is 6.00. The van der Waals surface area contributed by atoms with E-state index in [4.69, 9.17) is 10.3 Å². The maximum atomic E-state index is 6.13. The number of hydrogen-bond donors (Lipinski definition) is 2. The number of aryl methyl sites for hydroxylation is 2. The van der Waals surface area contributed by atoms with Crippen molar-refractivity contribution in [2.75, 3.05) is 11.1 Å². The lowest BCUT2D eigenvalue weighted by Crippen LogP contribution is -1.96. The van der Waals surface area contributed by atoms with E-state index >= 15 is 0 Å². The molecule has 0 fully saturated rings. The third-order valence-corrected chi connectivity index (χ3v) is 4.56.